The molecule has 0 unspecified atom stereocenters. The third-order valence-corrected chi connectivity index (χ3v) is 4.00. The van der Waals surface area contributed by atoms with Crippen LogP contribution in [0.3, 0.4) is 0 Å². The molecule has 0 radical (unpaired) electrons. The zero-order chi connectivity index (χ0) is 11.8. The van der Waals surface area contributed by atoms with Crippen LogP contribution in [0, 0.1) is 11.8 Å². The van der Waals surface area contributed by atoms with Gasteiger partial charge in [0.25, 0.3) is 0 Å². The Morgan fingerprint density at radius 2 is 2.18 bits per heavy atom. The van der Waals surface area contributed by atoms with Gasteiger partial charge in [0.15, 0.2) is 0 Å². The highest BCUT2D eigenvalue weighted by molar-refractivity contribution is 6.30. The number of halogens is 1. The van der Waals surface area contributed by atoms with Crippen molar-refractivity contribution in [2.75, 3.05) is 13.2 Å². The van der Waals surface area contributed by atoms with E-state index in [2.05, 4.69) is 0 Å². The summed E-state index contributed by atoms with van der Waals surface area (Å²) in [4.78, 5) is 0. The van der Waals surface area contributed by atoms with E-state index in [0.717, 1.165) is 29.8 Å². The Labute approximate surface area is 107 Å². The van der Waals surface area contributed by atoms with Crippen LogP contribution in [0.2, 0.25) is 5.02 Å². The molecule has 2 aliphatic rings. The summed E-state index contributed by atoms with van der Waals surface area (Å²) >= 11 is 6.07. The van der Waals surface area contributed by atoms with Gasteiger partial charge in [0.1, 0.15) is 5.75 Å². The lowest BCUT2D eigenvalue weighted by Crippen LogP contribution is -2.04. The third-order valence-electron chi connectivity index (χ3n) is 3.77. The van der Waals surface area contributed by atoms with Gasteiger partial charge in [0.2, 0.25) is 0 Å². The summed E-state index contributed by atoms with van der Waals surface area (Å²) in [5.41, 5.74) is 6.97. The van der Waals surface area contributed by atoms with Crippen molar-refractivity contribution in [2.24, 2.45) is 17.6 Å². The van der Waals surface area contributed by atoms with E-state index in [1.54, 1.807) is 0 Å². The fraction of sp³-hybridized carbons (Fsp3) is 0.571. The lowest BCUT2D eigenvalue weighted by molar-refractivity contribution is 0.296. The number of nitrogens with two attached hydrogens (primary N) is 1. The minimum Gasteiger partial charge on any atom is -0.493 e. The Morgan fingerprint density at radius 3 is 2.82 bits per heavy atom. The second-order valence-corrected chi connectivity index (χ2v) is 5.71. The molecule has 3 heteroatoms. The number of hydrogen-bond donors (Lipinski definition) is 1. The average Bonchev–Trinajstić information content (AvgIpc) is 3.21. The molecule has 2 fully saturated rings. The molecule has 0 heterocycles. The summed E-state index contributed by atoms with van der Waals surface area (Å²) in [5, 5.41) is 0.793. The van der Waals surface area contributed by atoms with E-state index in [0.29, 0.717) is 11.8 Å². The zero-order valence-electron chi connectivity index (χ0n) is 9.86. The molecule has 0 spiro atoms. The lowest BCUT2D eigenvalue weighted by atomic mass is 10.1. The minimum absolute atomic E-state index is 0.563. The second kappa shape index (κ2) is 4.51. The molecule has 2 nitrogen and oxygen atoms in total. The number of benzene rings is 1. The molecule has 0 bridgehead atoms. The van der Waals surface area contributed by atoms with E-state index in [9.17, 15) is 0 Å². The van der Waals surface area contributed by atoms with Crippen molar-refractivity contribution in [1.82, 2.24) is 0 Å². The lowest BCUT2D eigenvalue weighted by Gasteiger charge is -2.11. The van der Waals surface area contributed by atoms with Crippen molar-refractivity contribution < 1.29 is 4.74 Å². The molecule has 1 aromatic carbocycles. The summed E-state index contributed by atoms with van der Waals surface area (Å²) in [7, 11) is 0. The van der Waals surface area contributed by atoms with Crippen molar-refractivity contribution in [3.05, 3.63) is 28.8 Å². The molecule has 2 aliphatic carbocycles. The molecule has 2 saturated carbocycles. The molecule has 17 heavy (non-hydrogen) atoms. The monoisotopic (exact) mass is 251 g/mol. The van der Waals surface area contributed by atoms with Crippen LogP contribution in [-0.2, 0) is 0 Å². The number of rotatable bonds is 5. The van der Waals surface area contributed by atoms with E-state index < -0.39 is 0 Å². The highest BCUT2D eigenvalue weighted by Gasteiger charge is 2.39. The molecular weight excluding hydrogens is 234 g/mol. The summed E-state index contributed by atoms with van der Waals surface area (Å²) in [6.45, 7) is 1.62. The fourth-order valence-corrected chi connectivity index (χ4v) is 2.50. The molecule has 92 valence electrons. The quantitative estimate of drug-likeness (QED) is 0.872. The molecule has 0 aromatic heterocycles. The summed E-state index contributed by atoms with van der Waals surface area (Å²) in [6, 6.07) is 5.96. The van der Waals surface area contributed by atoms with Gasteiger partial charge in [-0.2, -0.15) is 0 Å². The predicted octanol–water partition coefficient (Wildman–Crippen LogP) is 3.19. The molecule has 0 amide bonds. The number of hydrogen-bond acceptors (Lipinski definition) is 2. The first kappa shape index (κ1) is 11.4. The van der Waals surface area contributed by atoms with Gasteiger partial charge in [-0.05, 0) is 67.3 Å². The van der Waals surface area contributed by atoms with Crippen LogP contribution in [0.5, 0.6) is 5.75 Å². The maximum absolute atomic E-state index is 6.07. The van der Waals surface area contributed by atoms with Gasteiger partial charge in [-0.15, -0.1) is 0 Å². The Morgan fingerprint density at radius 1 is 1.35 bits per heavy atom. The second-order valence-electron chi connectivity index (χ2n) is 5.27. The van der Waals surface area contributed by atoms with E-state index in [-0.39, 0.29) is 0 Å². The highest BCUT2D eigenvalue weighted by Crippen LogP contribution is 2.50. The van der Waals surface area contributed by atoms with E-state index in [1.165, 1.54) is 24.8 Å². The molecule has 2 atom stereocenters. The normalized spacial score (nSPS) is 26.9. The predicted molar refractivity (Wildman–Crippen MR) is 69.6 cm³/mol. The molecule has 0 aliphatic heterocycles. The molecular formula is C14H18ClNO. The van der Waals surface area contributed by atoms with Gasteiger partial charge < -0.3 is 10.5 Å². The molecule has 3 rings (SSSR count). The Balaban J connectivity index is 1.75. The smallest absolute Gasteiger partial charge is 0.122 e. The van der Waals surface area contributed by atoms with Crippen LogP contribution in [-0.4, -0.2) is 13.2 Å². The topological polar surface area (TPSA) is 35.2 Å². The zero-order valence-corrected chi connectivity index (χ0v) is 10.6. The van der Waals surface area contributed by atoms with E-state index in [1.807, 2.05) is 18.2 Å². The van der Waals surface area contributed by atoms with Crippen LogP contribution in [0.15, 0.2) is 18.2 Å². The van der Waals surface area contributed by atoms with Crippen LogP contribution in [0.25, 0.3) is 0 Å². The van der Waals surface area contributed by atoms with Crippen molar-refractivity contribution in [3.8, 4) is 5.75 Å². The van der Waals surface area contributed by atoms with Crippen molar-refractivity contribution in [3.63, 3.8) is 0 Å². The van der Waals surface area contributed by atoms with Crippen molar-refractivity contribution in [1.29, 1.82) is 0 Å². The summed E-state index contributed by atoms with van der Waals surface area (Å²) in [5.74, 6) is 2.98. The SMILES string of the molecule is NC[C@H]1C[C@@H]1c1cc(Cl)ccc1OCC1CC1. The summed E-state index contributed by atoms with van der Waals surface area (Å²) < 4.78 is 5.91. The van der Waals surface area contributed by atoms with Gasteiger partial charge in [0.05, 0.1) is 6.61 Å². The van der Waals surface area contributed by atoms with Gasteiger partial charge in [0, 0.05) is 5.02 Å². The molecule has 0 saturated heterocycles. The van der Waals surface area contributed by atoms with E-state index >= 15 is 0 Å². The maximum atomic E-state index is 6.07. The number of ether oxygens (including phenoxy) is 1. The van der Waals surface area contributed by atoms with Gasteiger partial charge in [-0.1, -0.05) is 11.6 Å². The van der Waals surface area contributed by atoms with Gasteiger partial charge >= 0.3 is 0 Å². The van der Waals surface area contributed by atoms with Crippen LogP contribution in [0.4, 0.5) is 0 Å². The first-order valence-corrected chi connectivity index (χ1v) is 6.78. The highest BCUT2D eigenvalue weighted by atomic mass is 35.5. The standard InChI is InChI=1S/C14H18ClNO/c15-11-3-4-14(17-8-9-1-2-9)13(6-11)12-5-10(12)7-16/h3-4,6,9-10,12H,1-2,5,7-8,16H2/t10-,12+/m1/s1. The minimum atomic E-state index is 0.563. The maximum Gasteiger partial charge on any atom is 0.122 e. The van der Waals surface area contributed by atoms with Crippen LogP contribution >= 0.6 is 11.6 Å². The van der Waals surface area contributed by atoms with Crippen LogP contribution < -0.4 is 10.5 Å². The Bertz CT molecular complexity index is 417. The molecule has 1 aromatic rings. The average molecular weight is 252 g/mol. The van der Waals surface area contributed by atoms with Gasteiger partial charge in [-0.3, -0.25) is 0 Å². The first-order chi connectivity index (χ1) is 8.28. The third kappa shape index (κ3) is 2.58. The fourth-order valence-electron chi connectivity index (χ4n) is 2.32. The first-order valence-electron chi connectivity index (χ1n) is 6.40. The summed E-state index contributed by atoms with van der Waals surface area (Å²) in [6.07, 6.45) is 3.81. The van der Waals surface area contributed by atoms with Crippen molar-refractivity contribution >= 4 is 11.6 Å². The largest absolute Gasteiger partial charge is 0.493 e. The Hall–Kier alpha value is -0.730. The Kier molecular flexibility index (Phi) is 3.01. The van der Waals surface area contributed by atoms with Gasteiger partial charge in [-0.25, -0.2) is 0 Å². The molecule has 2 N–H and O–H groups in total. The van der Waals surface area contributed by atoms with Crippen molar-refractivity contribution in [2.45, 2.75) is 25.2 Å². The van der Waals surface area contributed by atoms with E-state index in [4.69, 9.17) is 22.1 Å². The van der Waals surface area contributed by atoms with Crippen LogP contribution in [0.1, 0.15) is 30.7 Å².